The van der Waals surface area contributed by atoms with Crippen molar-refractivity contribution in [2.45, 2.75) is 32.4 Å². The maximum Gasteiger partial charge on any atom is 0.416 e. The summed E-state index contributed by atoms with van der Waals surface area (Å²) in [7, 11) is 0. The van der Waals surface area contributed by atoms with Gasteiger partial charge in [-0.05, 0) is 56.3 Å². The van der Waals surface area contributed by atoms with Crippen LogP contribution in [0.25, 0.3) is 5.69 Å². The molecular weight excluding hydrogens is 405 g/mol. The highest BCUT2D eigenvalue weighted by Gasteiger charge is 2.38. The van der Waals surface area contributed by atoms with Gasteiger partial charge >= 0.3 is 6.18 Å². The average molecular weight is 429 g/mol. The topological polar surface area (TPSA) is 50.2 Å². The van der Waals surface area contributed by atoms with Crippen LogP contribution in [-0.2, 0) is 6.18 Å². The predicted octanol–water partition coefficient (Wildman–Crippen LogP) is 3.84. The van der Waals surface area contributed by atoms with Gasteiger partial charge in [0.2, 0.25) is 0 Å². The van der Waals surface area contributed by atoms with E-state index in [0.717, 1.165) is 44.5 Å². The summed E-state index contributed by atoms with van der Waals surface area (Å²) in [4.78, 5) is 14.8. The molecule has 29 heavy (non-hydrogen) atoms. The zero-order valence-electron chi connectivity index (χ0n) is 16.1. The van der Waals surface area contributed by atoms with E-state index in [1.165, 1.54) is 16.9 Å². The number of alkyl halides is 3. The van der Waals surface area contributed by atoms with Crippen LogP contribution in [0.15, 0.2) is 30.5 Å². The van der Waals surface area contributed by atoms with Crippen LogP contribution in [0.5, 0.6) is 0 Å². The molecule has 1 spiro atoms. The number of rotatable bonds is 2. The molecule has 9 heteroatoms. The van der Waals surface area contributed by atoms with Gasteiger partial charge < -0.3 is 10.2 Å². The second-order valence-corrected chi connectivity index (χ2v) is 7.82. The summed E-state index contributed by atoms with van der Waals surface area (Å²) in [5.41, 5.74) is 0.860. The minimum atomic E-state index is -4.42. The van der Waals surface area contributed by atoms with Gasteiger partial charge in [0.1, 0.15) is 0 Å². The standard InChI is InChI=1S/C20H23F3N4O.ClH/c1-14-17(18(28)26-9-6-19(7-10-26)5-8-24-13-19)12-25-27(14)16-4-2-3-15(11-16)20(21,22)23;/h2-4,11-12,24H,5-10,13H2,1H3;1H. The molecule has 2 fully saturated rings. The third-order valence-corrected chi connectivity index (χ3v) is 6.10. The van der Waals surface area contributed by atoms with Gasteiger partial charge in [-0.2, -0.15) is 18.3 Å². The van der Waals surface area contributed by atoms with Gasteiger partial charge in [-0.25, -0.2) is 4.68 Å². The van der Waals surface area contributed by atoms with Gasteiger partial charge in [-0.1, -0.05) is 6.07 Å². The largest absolute Gasteiger partial charge is 0.416 e. The van der Waals surface area contributed by atoms with Gasteiger partial charge in [0.25, 0.3) is 5.91 Å². The lowest BCUT2D eigenvalue weighted by atomic mass is 9.78. The summed E-state index contributed by atoms with van der Waals surface area (Å²) in [5, 5.41) is 7.60. The molecule has 0 atom stereocenters. The maximum atomic E-state index is 13.0. The molecule has 0 saturated carbocycles. The Labute approximate surface area is 173 Å². The van der Waals surface area contributed by atoms with E-state index in [0.29, 0.717) is 35.4 Å². The summed E-state index contributed by atoms with van der Waals surface area (Å²) in [5.74, 6) is -0.100. The molecule has 1 N–H and O–H groups in total. The molecule has 2 aliphatic heterocycles. The van der Waals surface area contributed by atoms with Crippen molar-refractivity contribution in [2.75, 3.05) is 26.2 Å². The first-order valence-electron chi connectivity index (χ1n) is 9.51. The van der Waals surface area contributed by atoms with E-state index in [4.69, 9.17) is 0 Å². The Kier molecular flexibility index (Phi) is 5.96. The van der Waals surface area contributed by atoms with E-state index in [9.17, 15) is 18.0 Å². The zero-order chi connectivity index (χ0) is 19.9. The molecule has 0 aliphatic carbocycles. The van der Waals surface area contributed by atoms with E-state index in [1.807, 2.05) is 4.90 Å². The Morgan fingerprint density at radius 1 is 1.21 bits per heavy atom. The molecule has 1 aromatic carbocycles. The quantitative estimate of drug-likeness (QED) is 0.790. The monoisotopic (exact) mass is 428 g/mol. The number of carbonyl (C=O) groups is 1. The number of carbonyl (C=O) groups excluding carboxylic acids is 1. The van der Waals surface area contributed by atoms with Crippen LogP contribution < -0.4 is 5.32 Å². The van der Waals surface area contributed by atoms with Crippen molar-refractivity contribution in [2.24, 2.45) is 5.41 Å². The van der Waals surface area contributed by atoms with E-state index in [-0.39, 0.29) is 18.3 Å². The van der Waals surface area contributed by atoms with Crippen molar-refractivity contribution in [3.05, 3.63) is 47.3 Å². The van der Waals surface area contributed by atoms with Gasteiger partial charge in [0.05, 0.1) is 28.7 Å². The van der Waals surface area contributed by atoms with Crippen molar-refractivity contribution < 1.29 is 18.0 Å². The van der Waals surface area contributed by atoms with Crippen molar-refractivity contribution in [1.82, 2.24) is 20.0 Å². The SMILES string of the molecule is Cc1c(C(=O)N2CCC3(CCNC3)CC2)cnn1-c1cccc(C(F)(F)F)c1.Cl. The number of halogens is 4. The van der Waals surface area contributed by atoms with Crippen LogP contribution >= 0.6 is 12.4 Å². The van der Waals surface area contributed by atoms with Crippen molar-refractivity contribution in [3.63, 3.8) is 0 Å². The van der Waals surface area contributed by atoms with Crippen LogP contribution in [0.2, 0.25) is 0 Å². The molecule has 0 unspecified atom stereocenters. The lowest BCUT2D eigenvalue weighted by Gasteiger charge is -2.38. The van der Waals surface area contributed by atoms with Crippen LogP contribution in [0, 0.1) is 12.3 Å². The summed E-state index contributed by atoms with van der Waals surface area (Å²) >= 11 is 0. The fraction of sp³-hybridized carbons (Fsp3) is 0.500. The summed E-state index contributed by atoms with van der Waals surface area (Å²) in [6.07, 6.45) is 0.147. The molecule has 2 aromatic rings. The Bertz CT molecular complexity index is 880. The van der Waals surface area contributed by atoms with Crippen LogP contribution in [0.4, 0.5) is 13.2 Å². The summed E-state index contributed by atoms with van der Waals surface area (Å²) in [6.45, 7) is 5.18. The highest BCUT2D eigenvalue weighted by atomic mass is 35.5. The fourth-order valence-corrected chi connectivity index (χ4v) is 4.27. The second-order valence-electron chi connectivity index (χ2n) is 7.82. The first-order valence-corrected chi connectivity index (χ1v) is 9.51. The van der Waals surface area contributed by atoms with Crippen molar-refractivity contribution in [3.8, 4) is 5.69 Å². The maximum absolute atomic E-state index is 13.0. The normalized spacial score (nSPS) is 18.7. The molecule has 5 nitrogen and oxygen atoms in total. The van der Waals surface area contributed by atoms with E-state index in [1.54, 1.807) is 13.0 Å². The minimum absolute atomic E-state index is 0. The van der Waals surface area contributed by atoms with Crippen molar-refractivity contribution in [1.29, 1.82) is 0 Å². The molecule has 2 aliphatic rings. The molecule has 1 aromatic heterocycles. The van der Waals surface area contributed by atoms with E-state index in [2.05, 4.69) is 10.4 Å². The Morgan fingerprint density at radius 3 is 2.55 bits per heavy atom. The number of hydrogen-bond acceptors (Lipinski definition) is 3. The number of nitrogens with one attached hydrogen (secondary N) is 1. The number of nitrogens with zero attached hydrogens (tertiary/aromatic N) is 3. The van der Waals surface area contributed by atoms with Crippen LogP contribution in [0.1, 0.15) is 40.9 Å². The molecule has 158 valence electrons. The smallest absolute Gasteiger partial charge is 0.338 e. The predicted molar refractivity (Wildman–Crippen MR) is 106 cm³/mol. The highest BCUT2D eigenvalue weighted by Crippen LogP contribution is 2.37. The fourth-order valence-electron chi connectivity index (χ4n) is 4.27. The first-order chi connectivity index (χ1) is 13.3. The van der Waals surface area contributed by atoms with Crippen LogP contribution in [0.3, 0.4) is 0 Å². The Morgan fingerprint density at radius 2 is 1.93 bits per heavy atom. The highest BCUT2D eigenvalue weighted by molar-refractivity contribution is 5.95. The minimum Gasteiger partial charge on any atom is -0.338 e. The molecule has 0 bridgehead atoms. The van der Waals surface area contributed by atoms with E-state index >= 15 is 0 Å². The number of hydrogen-bond donors (Lipinski definition) is 1. The number of benzene rings is 1. The van der Waals surface area contributed by atoms with Crippen LogP contribution in [-0.4, -0.2) is 46.8 Å². The number of piperidine rings is 1. The zero-order valence-corrected chi connectivity index (χ0v) is 16.9. The summed E-state index contributed by atoms with van der Waals surface area (Å²) in [6, 6.07) is 4.98. The second kappa shape index (κ2) is 7.99. The van der Waals surface area contributed by atoms with Crippen molar-refractivity contribution >= 4 is 18.3 Å². The van der Waals surface area contributed by atoms with Gasteiger partial charge in [0, 0.05) is 19.6 Å². The third kappa shape index (κ3) is 4.14. The van der Waals surface area contributed by atoms with Gasteiger partial charge in [-0.3, -0.25) is 4.79 Å². The molecule has 3 heterocycles. The first kappa shape index (κ1) is 21.6. The number of amides is 1. The Hall–Kier alpha value is -2.06. The molecule has 4 rings (SSSR count). The Balaban J connectivity index is 0.00000240. The number of aromatic nitrogens is 2. The van der Waals surface area contributed by atoms with E-state index < -0.39 is 11.7 Å². The molecular formula is C20H24ClF3N4O. The van der Waals surface area contributed by atoms with Gasteiger partial charge in [-0.15, -0.1) is 12.4 Å². The molecule has 0 radical (unpaired) electrons. The molecule has 2 saturated heterocycles. The average Bonchev–Trinajstić information content (AvgIpc) is 3.28. The van der Waals surface area contributed by atoms with Gasteiger partial charge in [0.15, 0.2) is 0 Å². The summed E-state index contributed by atoms with van der Waals surface area (Å²) < 4.78 is 40.4. The molecule has 1 amide bonds. The number of likely N-dealkylation sites (tertiary alicyclic amines) is 1. The lowest BCUT2D eigenvalue weighted by Crippen LogP contribution is -2.44. The lowest BCUT2D eigenvalue weighted by molar-refractivity contribution is -0.137. The third-order valence-electron chi connectivity index (χ3n) is 6.10.